The Kier molecular flexibility index (Phi) is 5.21. The quantitative estimate of drug-likeness (QED) is 0.628. The topological polar surface area (TPSA) is 99.9 Å². The van der Waals surface area contributed by atoms with E-state index in [9.17, 15) is 14.9 Å². The number of carbonyl (C=O) groups excluding carboxylic acids is 1. The molecule has 0 spiro atoms. The molecule has 3 rings (SSSR count). The lowest BCUT2D eigenvalue weighted by Crippen LogP contribution is -2.42. The van der Waals surface area contributed by atoms with Crippen molar-refractivity contribution in [3.8, 4) is 17.2 Å². The number of hydrogen-bond donors (Lipinski definition) is 1. The van der Waals surface area contributed by atoms with E-state index in [4.69, 9.17) is 14.2 Å². The maximum absolute atomic E-state index is 12.0. The summed E-state index contributed by atoms with van der Waals surface area (Å²) in [5, 5.41) is 13.7. The van der Waals surface area contributed by atoms with Gasteiger partial charge in [0.2, 0.25) is 0 Å². The first-order valence-electron chi connectivity index (χ1n) is 8.06. The zero-order valence-electron chi connectivity index (χ0n) is 14.1. The van der Waals surface area contributed by atoms with Crippen LogP contribution in [0.5, 0.6) is 17.2 Å². The SMILES string of the molecule is Cc1ccc([N+](=O)[O-])c(OCC(=O)NC[C@H]2COc3ccccc3O2)c1. The second-order valence-corrected chi connectivity index (χ2v) is 5.82. The number of nitrogens with one attached hydrogen (secondary N) is 1. The molecule has 0 aliphatic carbocycles. The molecule has 26 heavy (non-hydrogen) atoms. The Balaban J connectivity index is 1.50. The van der Waals surface area contributed by atoms with Gasteiger partial charge in [-0.25, -0.2) is 0 Å². The van der Waals surface area contributed by atoms with Gasteiger partial charge in [-0.15, -0.1) is 0 Å². The molecular formula is C18H18N2O6. The lowest BCUT2D eigenvalue weighted by atomic mass is 10.2. The molecule has 1 amide bonds. The van der Waals surface area contributed by atoms with Gasteiger partial charge in [0.05, 0.1) is 11.5 Å². The fourth-order valence-electron chi connectivity index (χ4n) is 2.47. The van der Waals surface area contributed by atoms with E-state index in [2.05, 4.69) is 5.32 Å². The molecular weight excluding hydrogens is 340 g/mol. The Morgan fingerprint density at radius 3 is 2.85 bits per heavy atom. The molecule has 1 aliphatic heterocycles. The van der Waals surface area contributed by atoms with E-state index in [1.807, 2.05) is 18.2 Å². The summed E-state index contributed by atoms with van der Waals surface area (Å²) in [6.45, 7) is 2.03. The number of amides is 1. The van der Waals surface area contributed by atoms with Crippen LogP contribution in [-0.4, -0.2) is 36.7 Å². The van der Waals surface area contributed by atoms with Crippen molar-refractivity contribution in [2.45, 2.75) is 13.0 Å². The minimum absolute atomic E-state index is 0.0660. The van der Waals surface area contributed by atoms with Gasteiger partial charge in [0.25, 0.3) is 5.91 Å². The van der Waals surface area contributed by atoms with Crippen LogP contribution in [0.15, 0.2) is 42.5 Å². The molecule has 0 fully saturated rings. The molecule has 1 aliphatic rings. The van der Waals surface area contributed by atoms with Crippen molar-refractivity contribution in [1.82, 2.24) is 5.32 Å². The van der Waals surface area contributed by atoms with Gasteiger partial charge in [0.15, 0.2) is 23.9 Å². The van der Waals surface area contributed by atoms with Gasteiger partial charge >= 0.3 is 5.69 Å². The maximum Gasteiger partial charge on any atom is 0.310 e. The first-order valence-corrected chi connectivity index (χ1v) is 8.06. The monoisotopic (exact) mass is 358 g/mol. The smallest absolute Gasteiger partial charge is 0.310 e. The summed E-state index contributed by atoms with van der Waals surface area (Å²) >= 11 is 0. The Morgan fingerprint density at radius 2 is 2.08 bits per heavy atom. The molecule has 2 aromatic carbocycles. The molecule has 0 bridgehead atoms. The van der Waals surface area contributed by atoms with Crippen LogP contribution in [0.3, 0.4) is 0 Å². The molecule has 1 heterocycles. The number of nitro groups is 1. The third kappa shape index (κ3) is 4.21. The average molecular weight is 358 g/mol. The molecule has 0 radical (unpaired) electrons. The summed E-state index contributed by atoms with van der Waals surface area (Å²) in [4.78, 5) is 22.4. The van der Waals surface area contributed by atoms with Crippen LogP contribution in [0.4, 0.5) is 5.69 Å². The normalized spacial score (nSPS) is 15.2. The van der Waals surface area contributed by atoms with Crippen LogP contribution >= 0.6 is 0 Å². The third-order valence-electron chi connectivity index (χ3n) is 3.77. The average Bonchev–Trinajstić information content (AvgIpc) is 2.64. The summed E-state index contributed by atoms with van der Waals surface area (Å²) in [5.41, 5.74) is 0.626. The number of benzene rings is 2. The molecule has 1 atom stereocenters. The van der Waals surface area contributed by atoms with Crippen LogP contribution in [-0.2, 0) is 4.79 Å². The summed E-state index contributed by atoms with van der Waals surface area (Å²) in [7, 11) is 0. The highest BCUT2D eigenvalue weighted by Gasteiger charge is 2.21. The third-order valence-corrected chi connectivity index (χ3v) is 3.77. The highest BCUT2D eigenvalue weighted by molar-refractivity contribution is 5.77. The second kappa shape index (κ2) is 7.73. The van der Waals surface area contributed by atoms with Gasteiger partial charge in [0, 0.05) is 6.07 Å². The molecule has 0 aromatic heterocycles. The van der Waals surface area contributed by atoms with Gasteiger partial charge in [-0.2, -0.15) is 0 Å². The van der Waals surface area contributed by atoms with Crippen molar-refractivity contribution in [3.05, 3.63) is 58.1 Å². The largest absolute Gasteiger partial charge is 0.486 e. The van der Waals surface area contributed by atoms with Crippen molar-refractivity contribution < 1.29 is 23.9 Å². The van der Waals surface area contributed by atoms with Crippen LogP contribution in [0.25, 0.3) is 0 Å². The van der Waals surface area contributed by atoms with E-state index >= 15 is 0 Å². The first kappa shape index (κ1) is 17.5. The fraction of sp³-hybridized carbons (Fsp3) is 0.278. The summed E-state index contributed by atoms with van der Waals surface area (Å²) in [6.07, 6.45) is -0.317. The molecule has 8 nitrogen and oxygen atoms in total. The number of aryl methyl sites for hydroxylation is 1. The first-order chi connectivity index (χ1) is 12.5. The predicted octanol–water partition coefficient (Wildman–Crippen LogP) is 2.24. The second-order valence-electron chi connectivity index (χ2n) is 5.82. The Labute approximate surface area is 149 Å². The standard InChI is InChI=1S/C18H18N2O6/c1-12-6-7-14(20(22)23)17(8-12)25-11-18(21)19-9-13-10-24-15-4-2-3-5-16(15)26-13/h2-8,13H,9-11H2,1H3,(H,19,21)/t13-/m0/s1. The zero-order valence-corrected chi connectivity index (χ0v) is 14.1. The van der Waals surface area contributed by atoms with E-state index in [-0.39, 0.29) is 30.7 Å². The number of carbonyl (C=O) groups is 1. The number of nitrogens with zero attached hydrogens (tertiary/aromatic N) is 1. The molecule has 2 aromatic rings. The van der Waals surface area contributed by atoms with E-state index in [1.165, 1.54) is 12.1 Å². The number of fused-ring (bicyclic) bond motifs is 1. The van der Waals surface area contributed by atoms with Crippen LogP contribution in [0.1, 0.15) is 5.56 Å². The minimum atomic E-state index is -0.544. The molecule has 136 valence electrons. The fourth-order valence-corrected chi connectivity index (χ4v) is 2.47. The maximum atomic E-state index is 12.0. The number of nitro benzene ring substituents is 1. The molecule has 0 unspecified atom stereocenters. The van der Waals surface area contributed by atoms with Crippen molar-refractivity contribution in [2.75, 3.05) is 19.8 Å². The van der Waals surface area contributed by atoms with Crippen molar-refractivity contribution in [1.29, 1.82) is 0 Å². The van der Waals surface area contributed by atoms with Crippen LogP contribution in [0, 0.1) is 17.0 Å². The summed E-state index contributed by atoms with van der Waals surface area (Å²) in [6, 6.07) is 11.8. The number of rotatable bonds is 6. The minimum Gasteiger partial charge on any atom is -0.486 e. The highest BCUT2D eigenvalue weighted by atomic mass is 16.6. The van der Waals surface area contributed by atoms with E-state index in [1.54, 1.807) is 19.1 Å². The highest BCUT2D eigenvalue weighted by Crippen LogP contribution is 2.30. The van der Waals surface area contributed by atoms with Crippen molar-refractivity contribution >= 4 is 11.6 Å². The lowest BCUT2D eigenvalue weighted by molar-refractivity contribution is -0.385. The molecule has 0 saturated heterocycles. The lowest BCUT2D eigenvalue weighted by Gasteiger charge is -2.26. The number of hydrogen-bond acceptors (Lipinski definition) is 6. The van der Waals surface area contributed by atoms with E-state index in [0.717, 1.165) is 5.56 Å². The molecule has 8 heteroatoms. The van der Waals surface area contributed by atoms with Gasteiger partial charge in [-0.1, -0.05) is 18.2 Å². The molecule has 0 saturated carbocycles. The summed E-state index contributed by atoms with van der Waals surface area (Å²) in [5.74, 6) is 0.967. The van der Waals surface area contributed by atoms with Crippen LogP contribution in [0.2, 0.25) is 0 Å². The Bertz CT molecular complexity index is 823. The van der Waals surface area contributed by atoms with E-state index < -0.39 is 10.8 Å². The summed E-state index contributed by atoms with van der Waals surface area (Å²) < 4.78 is 16.6. The Morgan fingerprint density at radius 1 is 1.31 bits per heavy atom. The van der Waals surface area contributed by atoms with Gasteiger partial charge in [0.1, 0.15) is 12.7 Å². The Hall–Kier alpha value is -3.29. The van der Waals surface area contributed by atoms with Gasteiger partial charge in [-0.3, -0.25) is 14.9 Å². The van der Waals surface area contributed by atoms with Crippen LogP contribution < -0.4 is 19.5 Å². The predicted molar refractivity (Wildman–Crippen MR) is 92.7 cm³/mol. The molecule has 1 N–H and O–H groups in total. The number of para-hydroxylation sites is 2. The zero-order chi connectivity index (χ0) is 18.5. The van der Waals surface area contributed by atoms with Crippen molar-refractivity contribution in [3.63, 3.8) is 0 Å². The van der Waals surface area contributed by atoms with E-state index in [0.29, 0.717) is 18.1 Å². The number of ether oxygens (including phenoxy) is 3. The van der Waals surface area contributed by atoms with Crippen molar-refractivity contribution in [2.24, 2.45) is 0 Å². The van der Waals surface area contributed by atoms with Gasteiger partial charge in [-0.05, 0) is 30.7 Å². The van der Waals surface area contributed by atoms with Gasteiger partial charge < -0.3 is 19.5 Å².